The van der Waals surface area contributed by atoms with E-state index in [9.17, 15) is 0 Å². The molecule has 23 heavy (non-hydrogen) atoms. The number of aromatic nitrogens is 1. The highest BCUT2D eigenvalue weighted by Gasteiger charge is 2.18. The van der Waals surface area contributed by atoms with Crippen LogP contribution in [0.1, 0.15) is 31.7 Å². The summed E-state index contributed by atoms with van der Waals surface area (Å²) in [6.45, 7) is 4.60. The Kier molecular flexibility index (Phi) is 2.52. The molecule has 1 nitrogen and oxygen atoms in total. The molecular formula is C22H19N. The average molecular weight is 297 g/mol. The zero-order valence-electron chi connectivity index (χ0n) is 13.5. The van der Waals surface area contributed by atoms with Gasteiger partial charge >= 0.3 is 0 Å². The van der Waals surface area contributed by atoms with Gasteiger partial charge in [0.2, 0.25) is 0 Å². The minimum atomic E-state index is 0.588. The third kappa shape index (κ3) is 1.57. The van der Waals surface area contributed by atoms with Crippen molar-refractivity contribution in [1.82, 2.24) is 4.40 Å². The van der Waals surface area contributed by atoms with Crippen molar-refractivity contribution in [2.45, 2.75) is 26.2 Å². The van der Waals surface area contributed by atoms with Crippen LogP contribution in [0.15, 0.2) is 60.7 Å². The normalized spacial score (nSPS) is 13.7. The summed E-state index contributed by atoms with van der Waals surface area (Å²) in [7, 11) is 0. The summed E-state index contributed by atoms with van der Waals surface area (Å²) in [5.41, 5.74) is 5.46. The Bertz CT molecular complexity index is 1080. The molecule has 3 aromatic carbocycles. The Labute approximate surface area is 135 Å². The molecule has 0 saturated heterocycles. The molecule has 0 bridgehead atoms. The molecular weight excluding hydrogens is 278 g/mol. The highest BCUT2D eigenvalue weighted by Crippen LogP contribution is 2.40. The van der Waals surface area contributed by atoms with E-state index in [4.69, 9.17) is 0 Å². The largest absolute Gasteiger partial charge is 0.308 e. The molecule has 2 aromatic heterocycles. The molecule has 0 amide bonds. The van der Waals surface area contributed by atoms with Gasteiger partial charge in [0, 0.05) is 21.5 Å². The van der Waals surface area contributed by atoms with Crippen LogP contribution in [-0.4, -0.2) is 4.40 Å². The minimum absolute atomic E-state index is 0.588. The number of fused-ring (bicyclic) bond motifs is 6. The minimum Gasteiger partial charge on any atom is -0.308 e. The van der Waals surface area contributed by atoms with Crippen molar-refractivity contribution in [2.75, 3.05) is 0 Å². The third-order valence-corrected chi connectivity index (χ3v) is 5.41. The van der Waals surface area contributed by atoms with Gasteiger partial charge in [-0.05, 0) is 42.2 Å². The predicted molar refractivity (Wildman–Crippen MR) is 99.8 cm³/mol. The summed E-state index contributed by atoms with van der Waals surface area (Å²) in [6, 6.07) is 22.4. The second kappa shape index (κ2) is 4.48. The van der Waals surface area contributed by atoms with Gasteiger partial charge in [-0.25, -0.2) is 0 Å². The van der Waals surface area contributed by atoms with E-state index in [0.29, 0.717) is 5.92 Å². The van der Waals surface area contributed by atoms with Crippen LogP contribution < -0.4 is 0 Å². The SMILES string of the molecule is CCC(C)c1cc2c3ccccc3n3c4ccccc4c(c1)c23. The van der Waals surface area contributed by atoms with Crippen LogP contribution >= 0.6 is 0 Å². The lowest BCUT2D eigenvalue weighted by Crippen LogP contribution is -1.90. The summed E-state index contributed by atoms with van der Waals surface area (Å²) in [5, 5.41) is 5.51. The first kappa shape index (κ1) is 13.0. The van der Waals surface area contributed by atoms with Crippen molar-refractivity contribution in [2.24, 2.45) is 0 Å². The van der Waals surface area contributed by atoms with Crippen LogP contribution in [0.5, 0.6) is 0 Å². The van der Waals surface area contributed by atoms with E-state index in [1.807, 2.05) is 0 Å². The average Bonchev–Trinajstić information content (AvgIpc) is 3.12. The first-order valence-corrected chi connectivity index (χ1v) is 8.46. The highest BCUT2D eigenvalue weighted by atomic mass is 14.9. The number of nitrogens with zero attached hydrogens (tertiary/aromatic N) is 1. The lowest BCUT2D eigenvalue weighted by molar-refractivity contribution is 0.735. The first-order chi connectivity index (χ1) is 11.3. The molecule has 0 fully saturated rings. The van der Waals surface area contributed by atoms with Crippen LogP contribution in [0.25, 0.3) is 38.1 Å². The summed E-state index contributed by atoms with van der Waals surface area (Å²) in [6.07, 6.45) is 1.17. The number of hydrogen-bond donors (Lipinski definition) is 0. The van der Waals surface area contributed by atoms with Crippen molar-refractivity contribution in [1.29, 1.82) is 0 Å². The van der Waals surface area contributed by atoms with Gasteiger partial charge in [0.1, 0.15) is 0 Å². The van der Waals surface area contributed by atoms with Gasteiger partial charge in [-0.3, -0.25) is 0 Å². The van der Waals surface area contributed by atoms with Crippen molar-refractivity contribution in [3.8, 4) is 0 Å². The number of hydrogen-bond acceptors (Lipinski definition) is 0. The molecule has 0 spiro atoms. The molecule has 0 aliphatic carbocycles. The topological polar surface area (TPSA) is 4.41 Å². The van der Waals surface area contributed by atoms with Gasteiger partial charge in [-0.15, -0.1) is 0 Å². The monoisotopic (exact) mass is 297 g/mol. The van der Waals surface area contributed by atoms with Crippen LogP contribution in [0, 0.1) is 0 Å². The Hall–Kier alpha value is -2.54. The maximum Gasteiger partial charge on any atom is 0.0620 e. The van der Waals surface area contributed by atoms with Crippen molar-refractivity contribution >= 4 is 38.1 Å². The van der Waals surface area contributed by atoms with Gasteiger partial charge in [-0.2, -0.15) is 0 Å². The van der Waals surface area contributed by atoms with Crippen LogP contribution in [0.2, 0.25) is 0 Å². The van der Waals surface area contributed by atoms with E-state index in [2.05, 4.69) is 78.9 Å². The molecule has 112 valence electrons. The molecule has 0 saturated carbocycles. The molecule has 0 N–H and O–H groups in total. The quantitative estimate of drug-likeness (QED) is 0.357. The van der Waals surface area contributed by atoms with Crippen LogP contribution in [0.4, 0.5) is 0 Å². The van der Waals surface area contributed by atoms with E-state index in [1.54, 1.807) is 0 Å². The molecule has 0 aliphatic rings. The number of benzene rings is 3. The van der Waals surface area contributed by atoms with Crippen LogP contribution in [-0.2, 0) is 0 Å². The Balaban J connectivity index is 2.12. The van der Waals surface area contributed by atoms with E-state index in [-0.39, 0.29) is 0 Å². The molecule has 0 radical (unpaired) electrons. The zero-order chi connectivity index (χ0) is 15.6. The molecule has 2 heterocycles. The second-order valence-electron chi connectivity index (χ2n) is 6.64. The van der Waals surface area contributed by atoms with Gasteiger partial charge < -0.3 is 4.40 Å². The molecule has 1 heteroatoms. The second-order valence-corrected chi connectivity index (χ2v) is 6.64. The van der Waals surface area contributed by atoms with Gasteiger partial charge in [0.25, 0.3) is 0 Å². The molecule has 5 aromatic rings. The number of rotatable bonds is 2. The maximum atomic E-state index is 2.44. The Morgan fingerprint density at radius 1 is 0.783 bits per heavy atom. The lowest BCUT2D eigenvalue weighted by Gasteiger charge is -2.09. The number of para-hydroxylation sites is 2. The fourth-order valence-electron chi connectivity index (χ4n) is 3.99. The Morgan fingerprint density at radius 3 is 1.83 bits per heavy atom. The smallest absolute Gasteiger partial charge is 0.0620 e. The Morgan fingerprint density at radius 2 is 1.30 bits per heavy atom. The molecule has 5 rings (SSSR count). The van der Waals surface area contributed by atoms with E-state index in [1.165, 1.54) is 50.1 Å². The molecule has 1 atom stereocenters. The fraction of sp³-hybridized carbons (Fsp3) is 0.182. The van der Waals surface area contributed by atoms with Gasteiger partial charge in [0.05, 0.1) is 16.6 Å². The van der Waals surface area contributed by atoms with Crippen molar-refractivity contribution in [3.05, 3.63) is 66.2 Å². The summed E-state index contributed by atoms with van der Waals surface area (Å²) < 4.78 is 2.44. The molecule has 0 aliphatic heterocycles. The van der Waals surface area contributed by atoms with Crippen LogP contribution in [0.3, 0.4) is 0 Å². The lowest BCUT2D eigenvalue weighted by atomic mass is 9.94. The van der Waals surface area contributed by atoms with E-state index < -0.39 is 0 Å². The van der Waals surface area contributed by atoms with Crippen molar-refractivity contribution < 1.29 is 0 Å². The standard InChI is InChI=1S/C22H19N/c1-3-14(2)15-12-18-16-8-4-6-10-20(16)23-21-11-7-5-9-17(21)19(13-15)22(18)23/h4-14H,3H2,1-2H3. The van der Waals surface area contributed by atoms with Gasteiger partial charge in [-0.1, -0.05) is 50.2 Å². The third-order valence-electron chi connectivity index (χ3n) is 5.41. The van der Waals surface area contributed by atoms with E-state index >= 15 is 0 Å². The maximum absolute atomic E-state index is 2.44. The fourth-order valence-corrected chi connectivity index (χ4v) is 3.99. The summed E-state index contributed by atoms with van der Waals surface area (Å²) in [4.78, 5) is 0. The van der Waals surface area contributed by atoms with Gasteiger partial charge in [0.15, 0.2) is 0 Å². The summed E-state index contributed by atoms with van der Waals surface area (Å²) >= 11 is 0. The highest BCUT2D eigenvalue weighted by molar-refractivity contribution is 6.23. The zero-order valence-corrected chi connectivity index (χ0v) is 13.5. The van der Waals surface area contributed by atoms with E-state index in [0.717, 1.165) is 0 Å². The molecule has 1 unspecified atom stereocenters. The van der Waals surface area contributed by atoms with Crippen molar-refractivity contribution in [3.63, 3.8) is 0 Å². The first-order valence-electron chi connectivity index (χ1n) is 8.46. The summed E-state index contributed by atoms with van der Waals surface area (Å²) in [5.74, 6) is 0.588. The predicted octanol–water partition coefficient (Wildman–Crippen LogP) is 6.35.